The van der Waals surface area contributed by atoms with Gasteiger partial charge in [0.25, 0.3) is 0 Å². The van der Waals surface area contributed by atoms with Gasteiger partial charge in [0.05, 0.1) is 11.5 Å². The van der Waals surface area contributed by atoms with Crippen LogP contribution in [0.25, 0.3) is 0 Å². The van der Waals surface area contributed by atoms with E-state index in [4.69, 9.17) is 9.29 Å². The van der Waals surface area contributed by atoms with Crippen LogP contribution < -0.4 is 4.74 Å². The van der Waals surface area contributed by atoms with E-state index >= 15 is 0 Å². The molecule has 5 heteroatoms. The molecule has 0 aliphatic heterocycles. The van der Waals surface area contributed by atoms with E-state index < -0.39 is 11.1 Å². The number of rotatable bonds is 3. The lowest BCUT2D eigenvalue weighted by Gasteiger charge is -2.00. The zero-order valence-electron chi connectivity index (χ0n) is 6.56. The Bertz CT molecular complexity index is 272. The highest BCUT2D eigenvalue weighted by molar-refractivity contribution is 7.79. The largest absolute Gasteiger partial charge is 0.478 e. The third kappa shape index (κ3) is 2.28. The van der Waals surface area contributed by atoms with E-state index in [0.717, 1.165) is 0 Å². The molecule has 1 heterocycles. The molecule has 0 saturated heterocycles. The topological polar surface area (TPSA) is 59.4 Å². The summed E-state index contributed by atoms with van der Waals surface area (Å²) in [7, 11) is 0. The summed E-state index contributed by atoms with van der Waals surface area (Å²) in [5.74, 6) is 0.465. The van der Waals surface area contributed by atoms with Crippen molar-refractivity contribution in [3.63, 3.8) is 0 Å². The van der Waals surface area contributed by atoms with Crippen molar-refractivity contribution in [1.29, 1.82) is 0 Å². The van der Waals surface area contributed by atoms with E-state index in [1.165, 1.54) is 12.3 Å². The molecular weight excluding hydrogens is 178 g/mol. The van der Waals surface area contributed by atoms with Gasteiger partial charge in [-0.15, -0.1) is 0 Å². The molecule has 0 aromatic carbocycles. The number of nitrogens with zero attached hydrogens (tertiary/aromatic N) is 1. The van der Waals surface area contributed by atoms with Crippen LogP contribution in [0, 0.1) is 0 Å². The predicted molar refractivity (Wildman–Crippen MR) is 44.4 cm³/mol. The maximum Gasteiger partial charge on any atom is 0.213 e. The Morgan fingerprint density at radius 2 is 2.42 bits per heavy atom. The molecule has 1 aromatic heterocycles. The average Bonchev–Trinajstić information content (AvgIpc) is 2.06. The van der Waals surface area contributed by atoms with Crippen LogP contribution in [0.4, 0.5) is 0 Å². The molecule has 1 unspecified atom stereocenters. The summed E-state index contributed by atoms with van der Waals surface area (Å²) in [6.45, 7) is 2.38. The van der Waals surface area contributed by atoms with Gasteiger partial charge >= 0.3 is 0 Å². The van der Waals surface area contributed by atoms with Crippen LogP contribution >= 0.6 is 0 Å². The highest BCUT2D eigenvalue weighted by Crippen LogP contribution is 2.09. The van der Waals surface area contributed by atoms with Gasteiger partial charge in [-0.1, -0.05) is 0 Å². The molecule has 4 nitrogen and oxygen atoms in total. The molecule has 0 spiro atoms. The van der Waals surface area contributed by atoms with Gasteiger partial charge in [-0.3, -0.25) is 0 Å². The minimum Gasteiger partial charge on any atom is -0.478 e. The molecule has 0 saturated carbocycles. The van der Waals surface area contributed by atoms with Crippen molar-refractivity contribution in [3.05, 3.63) is 18.3 Å². The van der Waals surface area contributed by atoms with Crippen LogP contribution in [0.5, 0.6) is 5.88 Å². The van der Waals surface area contributed by atoms with Crippen LogP contribution in [0.15, 0.2) is 23.2 Å². The van der Waals surface area contributed by atoms with Crippen molar-refractivity contribution in [2.75, 3.05) is 6.61 Å². The summed E-state index contributed by atoms with van der Waals surface area (Å²) in [6, 6.07) is 3.07. The molecule has 0 fully saturated rings. The van der Waals surface area contributed by atoms with Gasteiger partial charge in [-0.2, -0.15) is 0 Å². The lowest BCUT2D eigenvalue weighted by molar-refractivity contribution is 0.326. The Morgan fingerprint density at radius 3 is 2.83 bits per heavy atom. The monoisotopic (exact) mass is 187 g/mol. The number of pyridine rings is 1. The van der Waals surface area contributed by atoms with Crippen LogP contribution in [-0.2, 0) is 11.1 Å². The maximum atomic E-state index is 10.5. The minimum absolute atomic E-state index is 0.276. The van der Waals surface area contributed by atoms with Gasteiger partial charge in [0.1, 0.15) is 0 Å². The Labute approximate surface area is 72.9 Å². The van der Waals surface area contributed by atoms with Crippen molar-refractivity contribution in [1.82, 2.24) is 4.98 Å². The molecular formula is C7H9NO3S. The van der Waals surface area contributed by atoms with Crippen LogP contribution in [0.2, 0.25) is 0 Å². The van der Waals surface area contributed by atoms with Gasteiger partial charge in [0.15, 0.2) is 11.1 Å². The Kier molecular flexibility index (Phi) is 3.19. The van der Waals surface area contributed by atoms with Crippen molar-refractivity contribution >= 4 is 11.1 Å². The minimum atomic E-state index is -1.96. The van der Waals surface area contributed by atoms with E-state index in [9.17, 15) is 4.21 Å². The van der Waals surface area contributed by atoms with Crippen LogP contribution in [-0.4, -0.2) is 20.4 Å². The Morgan fingerprint density at radius 1 is 1.67 bits per heavy atom. The van der Waals surface area contributed by atoms with Gasteiger partial charge in [0, 0.05) is 12.3 Å². The summed E-state index contributed by atoms with van der Waals surface area (Å²) in [4.78, 5) is 4.09. The molecule has 1 aromatic rings. The standard InChI is InChI=1S/C7H9NO3S/c1-2-11-7-4-3-6(5-8-7)12(9)10/h3-5H,2H2,1H3,(H,9,10). The number of hydrogen-bond acceptors (Lipinski definition) is 3. The fraction of sp³-hybridized carbons (Fsp3) is 0.286. The van der Waals surface area contributed by atoms with E-state index in [2.05, 4.69) is 4.98 Å². The van der Waals surface area contributed by atoms with Crippen molar-refractivity contribution in [2.45, 2.75) is 11.8 Å². The predicted octanol–water partition coefficient (Wildman–Crippen LogP) is 1.06. The van der Waals surface area contributed by atoms with Crippen molar-refractivity contribution in [3.8, 4) is 5.88 Å². The molecule has 0 bridgehead atoms. The Balaban J connectivity index is 2.78. The van der Waals surface area contributed by atoms with E-state index in [-0.39, 0.29) is 4.90 Å². The fourth-order valence-corrected chi connectivity index (χ4v) is 1.03. The van der Waals surface area contributed by atoms with Gasteiger partial charge in [-0.25, -0.2) is 9.19 Å². The first-order chi connectivity index (χ1) is 5.74. The van der Waals surface area contributed by atoms with Crippen LogP contribution in [0.3, 0.4) is 0 Å². The molecule has 12 heavy (non-hydrogen) atoms. The second kappa shape index (κ2) is 4.18. The molecule has 0 aliphatic carbocycles. The molecule has 1 rings (SSSR count). The zero-order valence-corrected chi connectivity index (χ0v) is 7.37. The Hall–Kier alpha value is -0.940. The van der Waals surface area contributed by atoms with Crippen molar-refractivity contribution < 1.29 is 13.5 Å². The van der Waals surface area contributed by atoms with Gasteiger partial charge in [0.2, 0.25) is 5.88 Å². The SMILES string of the molecule is CCOc1ccc(S(=O)O)cn1. The van der Waals surface area contributed by atoms with Crippen LogP contribution in [0.1, 0.15) is 6.92 Å². The summed E-state index contributed by atoms with van der Waals surface area (Å²) in [5.41, 5.74) is 0. The molecule has 1 atom stereocenters. The normalized spacial score (nSPS) is 12.5. The molecule has 0 aliphatic rings. The first-order valence-corrected chi connectivity index (χ1v) is 4.54. The number of hydrogen-bond donors (Lipinski definition) is 1. The van der Waals surface area contributed by atoms with E-state index in [0.29, 0.717) is 12.5 Å². The van der Waals surface area contributed by atoms with Crippen molar-refractivity contribution in [2.24, 2.45) is 0 Å². The zero-order chi connectivity index (χ0) is 8.97. The quantitative estimate of drug-likeness (QED) is 0.719. The summed E-state index contributed by atoms with van der Waals surface area (Å²) < 4.78 is 24.2. The second-order valence-corrected chi connectivity index (χ2v) is 2.98. The smallest absolute Gasteiger partial charge is 0.213 e. The maximum absolute atomic E-state index is 10.5. The third-order valence-electron chi connectivity index (χ3n) is 1.20. The third-order valence-corrected chi connectivity index (χ3v) is 1.85. The number of ether oxygens (including phenoxy) is 1. The summed E-state index contributed by atoms with van der Waals surface area (Å²) in [6.07, 6.45) is 1.32. The molecule has 1 N–H and O–H groups in total. The average molecular weight is 187 g/mol. The van der Waals surface area contributed by atoms with Gasteiger partial charge < -0.3 is 9.29 Å². The summed E-state index contributed by atoms with van der Waals surface area (Å²) >= 11 is -1.96. The summed E-state index contributed by atoms with van der Waals surface area (Å²) in [5, 5.41) is 0. The van der Waals surface area contributed by atoms with E-state index in [1.54, 1.807) is 6.07 Å². The molecule has 0 amide bonds. The first kappa shape index (κ1) is 9.15. The molecule has 0 radical (unpaired) electrons. The van der Waals surface area contributed by atoms with Gasteiger partial charge in [-0.05, 0) is 13.0 Å². The highest BCUT2D eigenvalue weighted by atomic mass is 32.2. The van der Waals surface area contributed by atoms with E-state index in [1.807, 2.05) is 6.92 Å². The fourth-order valence-electron chi connectivity index (χ4n) is 0.703. The molecule has 66 valence electrons. The lowest BCUT2D eigenvalue weighted by Crippen LogP contribution is -1.95. The lowest BCUT2D eigenvalue weighted by atomic mass is 10.5. The second-order valence-electron chi connectivity index (χ2n) is 2.01. The number of aromatic nitrogens is 1. The highest BCUT2D eigenvalue weighted by Gasteiger charge is 1.99. The first-order valence-electron chi connectivity index (χ1n) is 3.43.